The fourth-order valence-corrected chi connectivity index (χ4v) is 3.38. The Labute approximate surface area is 154 Å². The first-order valence-electron chi connectivity index (χ1n) is 9.12. The van der Waals surface area contributed by atoms with Gasteiger partial charge >= 0.3 is 0 Å². The first-order chi connectivity index (χ1) is 12.6. The number of nitrogens with one attached hydrogen (secondary N) is 1. The molecule has 4 heterocycles. The van der Waals surface area contributed by atoms with Crippen LogP contribution in [0.4, 0.5) is 17.3 Å². The highest BCUT2D eigenvalue weighted by Crippen LogP contribution is 2.20. The van der Waals surface area contributed by atoms with E-state index in [4.69, 9.17) is 0 Å². The van der Waals surface area contributed by atoms with Gasteiger partial charge in [0.05, 0.1) is 11.9 Å². The average Bonchev–Trinajstić information content (AvgIpc) is 3.16. The fraction of sp³-hybridized carbons (Fsp3) is 0.389. The van der Waals surface area contributed by atoms with Gasteiger partial charge in [-0.3, -0.25) is 4.90 Å². The van der Waals surface area contributed by atoms with Gasteiger partial charge in [0.15, 0.2) is 19.3 Å². The smallest absolute Gasteiger partial charge is 0.179 e. The molecule has 1 fully saturated rings. The maximum absolute atomic E-state index is 4.64. The number of fused-ring (bicyclic) bond motifs is 1. The Bertz CT molecular complexity index is 882. The van der Waals surface area contributed by atoms with Crippen molar-refractivity contribution in [2.24, 2.45) is 0 Å². The maximum Gasteiger partial charge on any atom is 0.179 e. The molecule has 3 aromatic heterocycles. The summed E-state index contributed by atoms with van der Waals surface area (Å²) in [6.45, 7) is 8.72. The van der Waals surface area contributed by atoms with E-state index in [1.807, 2.05) is 30.8 Å². The minimum Gasteiger partial charge on any atom is -0.354 e. The number of anilines is 3. The van der Waals surface area contributed by atoms with Crippen LogP contribution in [0.2, 0.25) is 0 Å². The molecule has 0 bridgehead atoms. The first kappa shape index (κ1) is 16.8. The highest BCUT2D eigenvalue weighted by molar-refractivity contribution is 6.31. The third kappa shape index (κ3) is 3.24. The van der Waals surface area contributed by atoms with E-state index in [-0.39, 0.29) is 0 Å². The van der Waals surface area contributed by atoms with Gasteiger partial charge in [-0.05, 0) is 31.6 Å². The van der Waals surface area contributed by atoms with E-state index in [9.17, 15) is 0 Å². The molecule has 0 unspecified atom stereocenters. The van der Waals surface area contributed by atoms with Crippen molar-refractivity contribution in [1.82, 2.24) is 24.3 Å². The molecule has 0 aliphatic carbocycles. The summed E-state index contributed by atoms with van der Waals surface area (Å²) < 4.78 is 2.02. The van der Waals surface area contributed by atoms with Crippen LogP contribution in [0.15, 0.2) is 36.9 Å². The number of aromatic nitrogens is 4. The molecular formula is C18H24BN7. The number of hydrogen-bond donors (Lipinski definition) is 1. The van der Waals surface area contributed by atoms with Crippen LogP contribution < -0.4 is 15.8 Å². The zero-order valence-corrected chi connectivity index (χ0v) is 15.6. The number of pyridine rings is 1. The minimum absolute atomic E-state index is 0.609. The predicted octanol–water partition coefficient (Wildman–Crippen LogP) is 0.657. The van der Waals surface area contributed by atoms with Crippen LogP contribution in [0.25, 0.3) is 5.65 Å². The van der Waals surface area contributed by atoms with Crippen LogP contribution in [-0.4, -0.2) is 64.3 Å². The van der Waals surface area contributed by atoms with E-state index < -0.39 is 0 Å². The second-order valence-electron chi connectivity index (χ2n) is 7.02. The van der Waals surface area contributed by atoms with Crippen molar-refractivity contribution in [3.05, 3.63) is 36.9 Å². The molecule has 1 N–H and O–H groups in total. The summed E-state index contributed by atoms with van der Waals surface area (Å²) in [6, 6.07) is 4.74. The second-order valence-corrected chi connectivity index (χ2v) is 7.02. The number of rotatable bonds is 4. The molecule has 0 atom stereocenters. The number of nitrogens with zero attached hydrogens (tertiary/aromatic N) is 6. The molecule has 0 saturated carbocycles. The van der Waals surface area contributed by atoms with E-state index >= 15 is 0 Å². The van der Waals surface area contributed by atoms with Gasteiger partial charge in [0.25, 0.3) is 0 Å². The summed E-state index contributed by atoms with van der Waals surface area (Å²) in [5.74, 6) is 1.77. The van der Waals surface area contributed by atoms with Crippen LogP contribution in [0.3, 0.4) is 0 Å². The van der Waals surface area contributed by atoms with Crippen LogP contribution in [0.1, 0.15) is 13.8 Å². The molecule has 4 rings (SSSR count). The third-order valence-corrected chi connectivity index (χ3v) is 4.99. The zero-order valence-electron chi connectivity index (χ0n) is 15.6. The molecule has 7 nitrogen and oxygen atoms in total. The molecule has 0 radical (unpaired) electrons. The molecule has 3 aromatic rings. The molecule has 1 saturated heterocycles. The van der Waals surface area contributed by atoms with Crippen molar-refractivity contribution >= 4 is 36.4 Å². The SMILES string of the molecule is Bc1cnc(Nc2ccc(N3CCN(C(C)C)CC3)nc2)c2nccn12. The summed E-state index contributed by atoms with van der Waals surface area (Å²) >= 11 is 0. The van der Waals surface area contributed by atoms with Gasteiger partial charge in [-0.2, -0.15) is 0 Å². The number of piperazine rings is 1. The number of imidazole rings is 1. The molecule has 26 heavy (non-hydrogen) atoms. The number of hydrogen-bond acceptors (Lipinski definition) is 6. The fourth-order valence-electron chi connectivity index (χ4n) is 3.38. The van der Waals surface area contributed by atoms with E-state index in [1.165, 1.54) is 0 Å². The van der Waals surface area contributed by atoms with E-state index in [2.05, 4.69) is 56.0 Å². The Morgan fingerprint density at radius 1 is 1.04 bits per heavy atom. The summed E-state index contributed by atoms with van der Waals surface area (Å²) in [6.07, 6.45) is 7.43. The molecule has 1 aliphatic heterocycles. The van der Waals surface area contributed by atoms with Crippen molar-refractivity contribution in [3.8, 4) is 0 Å². The van der Waals surface area contributed by atoms with Crippen LogP contribution in [0, 0.1) is 0 Å². The van der Waals surface area contributed by atoms with Crippen molar-refractivity contribution < 1.29 is 0 Å². The van der Waals surface area contributed by atoms with Crippen molar-refractivity contribution in [2.75, 3.05) is 36.4 Å². The largest absolute Gasteiger partial charge is 0.354 e. The van der Waals surface area contributed by atoms with Gasteiger partial charge in [0, 0.05) is 50.8 Å². The average molecular weight is 349 g/mol. The van der Waals surface area contributed by atoms with Crippen LogP contribution >= 0.6 is 0 Å². The van der Waals surface area contributed by atoms with Gasteiger partial charge in [-0.1, -0.05) is 0 Å². The van der Waals surface area contributed by atoms with E-state index in [0.717, 1.165) is 54.7 Å². The van der Waals surface area contributed by atoms with E-state index in [1.54, 1.807) is 6.20 Å². The van der Waals surface area contributed by atoms with Crippen molar-refractivity contribution in [1.29, 1.82) is 0 Å². The molecule has 0 amide bonds. The lowest BCUT2D eigenvalue weighted by molar-refractivity contribution is 0.209. The molecule has 0 aromatic carbocycles. The summed E-state index contributed by atoms with van der Waals surface area (Å²) in [7, 11) is 2.01. The van der Waals surface area contributed by atoms with Gasteiger partial charge in [-0.25, -0.2) is 15.0 Å². The third-order valence-electron chi connectivity index (χ3n) is 4.99. The Kier molecular flexibility index (Phi) is 4.50. The lowest BCUT2D eigenvalue weighted by atomic mass is 10.1. The lowest BCUT2D eigenvalue weighted by Crippen LogP contribution is -2.49. The highest BCUT2D eigenvalue weighted by Gasteiger charge is 2.19. The Balaban J connectivity index is 1.46. The van der Waals surface area contributed by atoms with Crippen LogP contribution in [-0.2, 0) is 0 Å². The predicted molar refractivity (Wildman–Crippen MR) is 108 cm³/mol. The van der Waals surface area contributed by atoms with Gasteiger partial charge in [-0.15, -0.1) is 0 Å². The van der Waals surface area contributed by atoms with Crippen LogP contribution in [0.5, 0.6) is 0 Å². The molecule has 8 heteroatoms. The zero-order chi connectivity index (χ0) is 18.1. The van der Waals surface area contributed by atoms with Gasteiger partial charge in [0.2, 0.25) is 0 Å². The topological polar surface area (TPSA) is 61.6 Å². The summed E-state index contributed by atoms with van der Waals surface area (Å²) in [5, 5.41) is 3.33. The first-order valence-corrected chi connectivity index (χ1v) is 9.12. The quantitative estimate of drug-likeness (QED) is 0.699. The molecule has 0 spiro atoms. The Morgan fingerprint density at radius 2 is 1.85 bits per heavy atom. The normalized spacial score (nSPS) is 15.7. The minimum atomic E-state index is 0.609. The summed E-state index contributed by atoms with van der Waals surface area (Å²) in [4.78, 5) is 18.4. The summed E-state index contributed by atoms with van der Waals surface area (Å²) in [5.41, 5.74) is 2.78. The lowest BCUT2D eigenvalue weighted by Gasteiger charge is -2.37. The van der Waals surface area contributed by atoms with Gasteiger partial charge < -0.3 is 14.6 Å². The highest BCUT2D eigenvalue weighted by atomic mass is 15.3. The molecule has 134 valence electrons. The van der Waals surface area contributed by atoms with Gasteiger partial charge in [0.1, 0.15) is 5.82 Å². The Hall–Kier alpha value is -2.61. The maximum atomic E-state index is 4.64. The van der Waals surface area contributed by atoms with Crippen molar-refractivity contribution in [2.45, 2.75) is 19.9 Å². The van der Waals surface area contributed by atoms with Crippen molar-refractivity contribution in [3.63, 3.8) is 0 Å². The standard InChI is InChI=1S/C18H24BN7/c1-13(2)24-7-9-25(10-8-24)16-4-3-14(11-21-16)23-17-18-20-5-6-26(18)15(19)12-22-17/h3-6,11-13H,7-10,19H2,1-2H3,(H,22,23). The molecule has 1 aliphatic rings. The Morgan fingerprint density at radius 3 is 2.54 bits per heavy atom. The second kappa shape index (κ2) is 6.95. The molecular weight excluding hydrogens is 325 g/mol. The van der Waals surface area contributed by atoms with E-state index in [0.29, 0.717) is 6.04 Å². The monoisotopic (exact) mass is 349 g/mol.